The van der Waals surface area contributed by atoms with Crippen LogP contribution in [0.2, 0.25) is 0 Å². The Morgan fingerprint density at radius 2 is 2.09 bits per heavy atom. The number of nitrogens with one attached hydrogen (secondary N) is 1. The summed E-state index contributed by atoms with van der Waals surface area (Å²) in [6.45, 7) is 0.654. The summed E-state index contributed by atoms with van der Waals surface area (Å²) in [6.07, 6.45) is 9.52. The highest BCUT2D eigenvalue weighted by atomic mass is 19.1. The molecule has 34 heavy (non-hydrogen) atoms. The summed E-state index contributed by atoms with van der Waals surface area (Å²) in [6, 6.07) is 2.69. The predicted octanol–water partition coefficient (Wildman–Crippen LogP) is 2.79. The fourth-order valence-corrected chi connectivity index (χ4v) is 5.16. The molecule has 10 heteroatoms. The van der Waals surface area contributed by atoms with Crippen LogP contribution in [0.4, 0.5) is 10.1 Å². The lowest BCUT2D eigenvalue weighted by molar-refractivity contribution is 0.0979. The van der Waals surface area contributed by atoms with Gasteiger partial charge in [-0.05, 0) is 44.2 Å². The SMILES string of the molecule is O=C(Nc1cccn([C@@H]2C[C@@H]2F)c1=O)c1cn2cc(C34COC(C3)C4)nc2nc1OC1CCC1. The number of halogens is 1. The number of carbonyl (C=O) groups is 1. The Hall–Kier alpha value is -3.27. The third-order valence-corrected chi connectivity index (χ3v) is 7.62. The number of pyridine rings is 1. The number of rotatable bonds is 6. The maximum Gasteiger partial charge on any atom is 0.274 e. The second kappa shape index (κ2) is 7.11. The molecule has 2 bridgehead atoms. The molecule has 2 saturated heterocycles. The summed E-state index contributed by atoms with van der Waals surface area (Å²) in [4.78, 5) is 35.4. The van der Waals surface area contributed by atoms with Gasteiger partial charge in [-0.25, -0.2) is 9.37 Å². The largest absolute Gasteiger partial charge is 0.474 e. The van der Waals surface area contributed by atoms with Crippen LogP contribution in [0.5, 0.6) is 5.88 Å². The van der Waals surface area contributed by atoms with Gasteiger partial charge < -0.3 is 19.4 Å². The van der Waals surface area contributed by atoms with E-state index in [1.54, 1.807) is 22.9 Å². The summed E-state index contributed by atoms with van der Waals surface area (Å²) in [5.74, 6) is 0.170. The average Bonchev–Trinajstić information content (AvgIpc) is 3.15. The number of hydrogen-bond acceptors (Lipinski definition) is 6. The Morgan fingerprint density at radius 3 is 2.76 bits per heavy atom. The van der Waals surface area contributed by atoms with Crippen molar-refractivity contribution in [3.8, 4) is 5.88 Å². The summed E-state index contributed by atoms with van der Waals surface area (Å²) >= 11 is 0. The van der Waals surface area contributed by atoms with Crippen LogP contribution in [0.3, 0.4) is 0 Å². The zero-order chi connectivity index (χ0) is 23.0. The third kappa shape index (κ3) is 3.08. The van der Waals surface area contributed by atoms with Crippen molar-refractivity contribution in [1.29, 1.82) is 0 Å². The number of carbonyl (C=O) groups excluding carboxylic acids is 1. The molecule has 3 aliphatic carbocycles. The van der Waals surface area contributed by atoms with Crippen LogP contribution in [-0.4, -0.2) is 49.8 Å². The highest BCUT2D eigenvalue weighted by molar-refractivity contribution is 6.05. The minimum absolute atomic E-state index is 0.00968. The van der Waals surface area contributed by atoms with Crippen LogP contribution in [0, 0.1) is 0 Å². The van der Waals surface area contributed by atoms with Gasteiger partial charge in [-0.1, -0.05) is 0 Å². The van der Waals surface area contributed by atoms with E-state index >= 15 is 0 Å². The Morgan fingerprint density at radius 1 is 1.26 bits per heavy atom. The Balaban J connectivity index is 1.24. The van der Waals surface area contributed by atoms with E-state index < -0.39 is 23.7 Å². The second-order valence-electron chi connectivity index (χ2n) is 9.99. The lowest BCUT2D eigenvalue weighted by atomic mass is 9.68. The normalized spacial score (nSPS) is 29.5. The van der Waals surface area contributed by atoms with Crippen molar-refractivity contribution in [3.63, 3.8) is 0 Å². The van der Waals surface area contributed by atoms with Crippen molar-refractivity contribution >= 4 is 17.4 Å². The number of nitrogens with zero attached hydrogens (tertiary/aromatic N) is 4. The van der Waals surface area contributed by atoms with Gasteiger partial charge in [0.2, 0.25) is 11.7 Å². The second-order valence-corrected chi connectivity index (χ2v) is 9.99. The molecule has 3 saturated carbocycles. The molecule has 0 radical (unpaired) electrons. The number of aromatic nitrogens is 4. The van der Waals surface area contributed by atoms with Gasteiger partial charge in [0.1, 0.15) is 23.5 Å². The van der Waals surface area contributed by atoms with Crippen molar-refractivity contribution in [2.24, 2.45) is 0 Å². The van der Waals surface area contributed by atoms with Gasteiger partial charge in [0.15, 0.2) is 0 Å². The fraction of sp³-hybridized carbons (Fsp3) is 0.500. The molecule has 0 aromatic carbocycles. The van der Waals surface area contributed by atoms with Gasteiger partial charge in [-0.2, -0.15) is 4.98 Å². The van der Waals surface area contributed by atoms with Crippen molar-refractivity contribution in [1.82, 2.24) is 18.9 Å². The van der Waals surface area contributed by atoms with Crippen molar-refractivity contribution in [3.05, 3.63) is 52.3 Å². The Bertz CT molecular complexity index is 1370. The van der Waals surface area contributed by atoms with Crippen LogP contribution >= 0.6 is 0 Å². The van der Waals surface area contributed by atoms with E-state index in [2.05, 4.69) is 10.3 Å². The molecule has 9 nitrogen and oxygen atoms in total. The number of ether oxygens (including phenoxy) is 2. The number of hydrogen-bond donors (Lipinski definition) is 1. The quantitative estimate of drug-likeness (QED) is 0.601. The molecule has 8 rings (SSSR count). The topological polar surface area (TPSA) is 99.8 Å². The molecule has 3 aromatic rings. The van der Waals surface area contributed by atoms with Crippen molar-refractivity contribution in [2.75, 3.05) is 11.9 Å². The van der Waals surface area contributed by atoms with Crippen LogP contribution in [0.15, 0.2) is 35.5 Å². The standard InChI is InChI=1S/C24H24FN5O4/c25-16-7-18(16)30-6-2-5-17(22(30)32)26-20(31)15-10-29-11-19(24-8-14(9-24)33-12-24)27-23(29)28-21(15)34-13-3-1-4-13/h2,5-6,10-11,13-14,16,18H,1,3-4,7-9,12H2,(H,26,31)/t14?,16-,18+,24?/m0/s1. The molecular weight excluding hydrogens is 441 g/mol. The van der Waals surface area contributed by atoms with E-state index in [9.17, 15) is 14.0 Å². The average molecular weight is 465 g/mol. The van der Waals surface area contributed by atoms with Crippen LogP contribution in [-0.2, 0) is 10.2 Å². The number of alkyl halides is 1. The van der Waals surface area contributed by atoms with E-state index in [1.165, 1.54) is 10.6 Å². The molecule has 2 atom stereocenters. The van der Waals surface area contributed by atoms with Gasteiger partial charge in [0.25, 0.3) is 11.5 Å². The first kappa shape index (κ1) is 20.1. The highest BCUT2D eigenvalue weighted by Gasteiger charge is 2.54. The minimum Gasteiger partial charge on any atom is -0.474 e. The highest BCUT2D eigenvalue weighted by Crippen LogP contribution is 2.51. The third-order valence-electron chi connectivity index (χ3n) is 7.62. The van der Waals surface area contributed by atoms with Gasteiger partial charge in [0.05, 0.1) is 24.4 Å². The zero-order valence-corrected chi connectivity index (χ0v) is 18.4. The van der Waals surface area contributed by atoms with E-state index in [0.717, 1.165) is 37.8 Å². The molecule has 0 spiro atoms. The number of imidazole rings is 1. The van der Waals surface area contributed by atoms with Gasteiger partial charge in [-0.3, -0.25) is 14.0 Å². The lowest BCUT2D eigenvalue weighted by Crippen LogP contribution is -2.37. The van der Waals surface area contributed by atoms with Crippen molar-refractivity contribution in [2.45, 2.75) is 68.4 Å². The van der Waals surface area contributed by atoms with Crippen LogP contribution < -0.4 is 15.6 Å². The number of anilines is 1. The Kier molecular flexibility index (Phi) is 4.21. The summed E-state index contributed by atoms with van der Waals surface area (Å²) in [5.41, 5.74) is 0.732. The number of amides is 1. The molecule has 2 aliphatic heterocycles. The molecular formula is C24H24FN5O4. The first-order valence-corrected chi connectivity index (χ1v) is 11.8. The van der Waals surface area contributed by atoms with E-state index in [1.807, 2.05) is 6.20 Å². The maximum atomic E-state index is 13.5. The molecule has 176 valence electrons. The van der Waals surface area contributed by atoms with Gasteiger partial charge in [-0.15, -0.1) is 0 Å². The molecule has 5 fully saturated rings. The van der Waals surface area contributed by atoms with Crippen molar-refractivity contribution < 1.29 is 18.7 Å². The smallest absolute Gasteiger partial charge is 0.274 e. The molecule has 1 N–H and O–H groups in total. The maximum absolute atomic E-state index is 13.5. The summed E-state index contributed by atoms with van der Waals surface area (Å²) < 4.78 is 28.4. The molecule has 3 aromatic heterocycles. The molecule has 5 aliphatic rings. The number of fused-ring (bicyclic) bond motifs is 2. The predicted molar refractivity (Wildman–Crippen MR) is 119 cm³/mol. The fourth-order valence-electron chi connectivity index (χ4n) is 5.16. The van der Waals surface area contributed by atoms with E-state index in [-0.39, 0.29) is 28.6 Å². The molecule has 0 unspecified atom stereocenters. The van der Waals surface area contributed by atoms with E-state index in [4.69, 9.17) is 14.5 Å². The monoisotopic (exact) mass is 465 g/mol. The first-order valence-electron chi connectivity index (χ1n) is 11.8. The van der Waals surface area contributed by atoms with Gasteiger partial charge >= 0.3 is 0 Å². The van der Waals surface area contributed by atoms with Crippen LogP contribution in [0.25, 0.3) is 5.78 Å². The van der Waals surface area contributed by atoms with E-state index in [0.29, 0.717) is 24.9 Å². The minimum atomic E-state index is -1.02. The lowest BCUT2D eigenvalue weighted by Gasteiger charge is -2.33. The molecule has 1 amide bonds. The Labute approximate surface area is 193 Å². The molecule has 5 heterocycles. The van der Waals surface area contributed by atoms with Gasteiger partial charge in [0, 0.05) is 30.4 Å². The summed E-state index contributed by atoms with van der Waals surface area (Å²) in [5, 5.41) is 2.69. The first-order chi connectivity index (χ1) is 16.5. The zero-order valence-electron chi connectivity index (χ0n) is 18.4. The van der Waals surface area contributed by atoms with Crippen LogP contribution in [0.1, 0.15) is 60.6 Å². The summed E-state index contributed by atoms with van der Waals surface area (Å²) in [7, 11) is 0.